The fourth-order valence-electron chi connectivity index (χ4n) is 3.22. The molecule has 2 fully saturated rings. The molecule has 2 heteroatoms. The Balaban J connectivity index is 1.64. The molecule has 0 aromatic carbocycles. The van der Waals surface area contributed by atoms with E-state index in [1.165, 1.54) is 45.1 Å². The van der Waals surface area contributed by atoms with Crippen LogP contribution in [-0.4, -0.2) is 19.1 Å². The lowest BCUT2D eigenvalue weighted by Gasteiger charge is -2.46. The first-order valence-electron chi connectivity index (χ1n) is 7.05. The van der Waals surface area contributed by atoms with Gasteiger partial charge in [0.05, 0.1) is 0 Å². The smallest absolute Gasteiger partial charge is 0.0119 e. The summed E-state index contributed by atoms with van der Waals surface area (Å²) >= 11 is 0. The van der Waals surface area contributed by atoms with Gasteiger partial charge in [-0.2, -0.15) is 0 Å². The molecule has 0 heterocycles. The van der Waals surface area contributed by atoms with Crippen LogP contribution in [0.1, 0.15) is 52.4 Å². The van der Waals surface area contributed by atoms with Gasteiger partial charge in [0.1, 0.15) is 0 Å². The van der Waals surface area contributed by atoms with Crippen LogP contribution in [0.3, 0.4) is 0 Å². The molecular weight excluding hydrogens is 196 g/mol. The summed E-state index contributed by atoms with van der Waals surface area (Å²) in [6, 6.07) is 0.778. The maximum atomic E-state index is 5.72. The predicted octanol–water partition coefficient (Wildman–Crippen LogP) is 2.53. The van der Waals surface area contributed by atoms with Crippen LogP contribution in [0.5, 0.6) is 0 Å². The summed E-state index contributed by atoms with van der Waals surface area (Å²) in [4.78, 5) is 0. The third-order valence-electron chi connectivity index (χ3n) is 4.97. The molecule has 2 aliphatic rings. The molecule has 3 N–H and O–H groups in total. The third-order valence-corrected chi connectivity index (χ3v) is 4.97. The molecule has 16 heavy (non-hydrogen) atoms. The van der Waals surface area contributed by atoms with Crippen molar-refractivity contribution in [1.82, 2.24) is 5.32 Å². The van der Waals surface area contributed by atoms with Crippen molar-refractivity contribution in [3.05, 3.63) is 0 Å². The van der Waals surface area contributed by atoms with Gasteiger partial charge in [-0.15, -0.1) is 0 Å². The highest BCUT2D eigenvalue weighted by Crippen LogP contribution is 2.40. The number of hydrogen-bond donors (Lipinski definition) is 2. The summed E-state index contributed by atoms with van der Waals surface area (Å²) in [6.45, 7) is 6.92. The van der Waals surface area contributed by atoms with Gasteiger partial charge < -0.3 is 11.1 Å². The van der Waals surface area contributed by atoms with Crippen LogP contribution in [0.15, 0.2) is 0 Å². The lowest BCUT2D eigenvalue weighted by molar-refractivity contribution is 0.101. The van der Waals surface area contributed by atoms with Gasteiger partial charge in [0, 0.05) is 6.04 Å². The molecule has 2 aliphatic carbocycles. The van der Waals surface area contributed by atoms with Crippen LogP contribution in [-0.2, 0) is 0 Å². The van der Waals surface area contributed by atoms with E-state index < -0.39 is 0 Å². The minimum atomic E-state index is 0.550. The third kappa shape index (κ3) is 2.78. The van der Waals surface area contributed by atoms with Gasteiger partial charge in [-0.3, -0.25) is 0 Å². The van der Waals surface area contributed by atoms with Gasteiger partial charge in [0.2, 0.25) is 0 Å². The molecule has 2 nitrogen and oxygen atoms in total. The molecule has 0 aromatic heterocycles. The van der Waals surface area contributed by atoms with E-state index in [2.05, 4.69) is 19.2 Å². The van der Waals surface area contributed by atoms with E-state index in [-0.39, 0.29) is 0 Å². The van der Waals surface area contributed by atoms with Crippen molar-refractivity contribution in [1.29, 1.82) is 0 Å². The minimum Gasteiger partial charge on any atom is -0.330 e. The molecule has 0 amide bonds. The van der Waals surface area contributed by atoms with Crippen molar-refractivity contribution in [2.75, 3.05) is 13.1 Å². The zero-order valence-corrected chi connectivity index (χ0v) is 11.0. The van der Waals surface area contributed by atoms with Gasteiger partial charge in [-0.25, -0.2) is 0 Å². The Morgan fingerprint density at radius 1 is 1.06 bits per heavy atom. The fraction of sp³-hybridized carbons (Fsp3) is 1.00. The standard InChI is InChI=1S/C14H28N2/c1-14(2)8-7-13(14)16-10-12-5-3-11(9-15)4-6-12/h11-13,16H,3-10,15H2,1-2H3. The Morgan fingerprint density at radius 2 is 1.69 bits per heavy atom. The zero-order chi connectivity index (χ0) is 11.6. The Morgan fingerprint density at radius 3 is 2.12 bits per heavy atom. The molecule has 0 spiro atoms. The molecule has 1 atom stereocenters. The summed E-state index contributed by atoms with van der Waals surface area (Å²) in [7, 11) is 0. The normalized spacial score (nSPS) is 38.1. The SMILES string of the molecule is CC1(C)CCC1NCC1CCC(CN)CC1. The summed E-state index contributed by atoms with van der Waals surface area (Å²) < 4.78 is 0. The number of nitrogens with one attached hydrogen (secondary N) is 1. The number of rotatable bonds is 4. The van der Waals surface area contributed by atoms with Gasteiger partial charge in [0.15, 0.2) is 0 Å². The lowest BCUT2D eigenvalue weighted by Crippen LogP contribution is -2.51. The van der Waals surface area contributed by atoms with Crippen LogP contribution in [0, 0.1) is 17.3 Å². The first-order chi connectivity index (χ1) is 7.62. The van der Waals surface area contributed by atoms with Gasteiger partial charge in [-0.05, 0) is 68.9 Å². The highest BCUT2D eigenvalue weighted by atomic mass is 15.0. The molecule has 0 saturated heterocycles. The Hall–Kier alpha value is -0.0800. The second-order valence-electron chi connectivity index (χ2n) is 6.61. The van der Waals surface area contributed by atoms with Gasteiger partial charge in [-0.1, -0.05) is 13.8 Å². The average Bonchev–Trinajstić information content (AvgIpc) is 2.29. The topological polar surface area (TPSA) is 38.0 Å². The predicted molar refractivity (Wildman–Crippen MR) is 69.3 cm³/mol. The van der Waals surface area contributed by atoms with Crippen molar-refractivity contribution in [3.63, 3.8) is 0 Å². The highest BCUT2D eigenvalue weighted by molar-refractivity contribution is 4.94. The van der Waals surface area contributed by atoms with Crippen molar-refractivity contribution in [3.8, 4) is 0 Å². The summed E-state index contributed by atoms with van der Waals surface area (Å²) in [5.41, 5.74) is 6.27. The largest absolute Gasteiger partial charge is 0.330 e. The van der Waals surface area contributed by atoms with Gasteiger partial charge in [0.25, 0.3) is 0 Å². The molecule has 0 aromatic rings. The Kier molecular flexibility index (Phi) is 3.91. The molecule has 2 rings (SSSR count). The van der Waals surface area contributed by atoms with Crippen molar-refractivity contribution < 1.29 is 0 Å². The van der Waals surface area contributed by atoms with Gasteiger partial charge >= 0.3 is 0 Å². The van der Waals surface area contributed by atoms with Crippen molar-refractivity contribution >= 4 is 0 Å². The minimum absolute atomic E-state index is 0.550. The first-order valence-corrected chi connectivity index (χ1v) is 7.05. The molecule has 94 valence electrons. The summed E-state index contributed by atoms with van der Waals surface area (Å²) in [5, 5.41) is 3.78. The second kappa shape index (κ2) is 5.05. The monoisotopic (exact) mass is 224 g/mol. The Bertz CT molecular complexity index is 217. The van der Waals surface area contributed by atoms with E-state index in [9.17, 15) is 0 Å². The van der Waals surface area contributed by atoms with Crippen LogP contribution >= 0.6 is 0 Å². The van der Waals surface area contributed by atoms with E-state index in [0.29, 0.717) is 5.41 Å². The molecule has 0 aliphatic heterocycles. The molecule has 0 bridgehead atoms. The number of hydrogen-bond acceptors (Lipinski definition) is 2. The highest BCUT2D eigenvalue weighted by Gasteiger charge is 2.38. The quantitative estimate of drug-likeness (QED) is 0.770. The van der Waals surface area contributed by atoms with Crippen LogP contribution in [0.25, 0.3) is 0 Å². The first kappa shape index (κ1) is 12.4. The van der Waals surface area contributed by atoms with E-state index in [1.54, 1.807) is 0 Å². The van der Waals surface area contributed by atoms with Crippen molar-refractivity contribution in [2.24, 2.45) is 23.0 Å². The zero-order valence-electron chi connectivity index (χ0n) is 11.0. The average molecular weight is 224 g/mol. The van der Waals surface area contributed by atoms with Crippen LogP contribution < -0.4 is 11.1 Å². The van der Waals surface area contributed by atoms with Crippen LogP contribution in [0.4, 0.5) is 0 Å². The molecule has 2 saturated carbocycles. The van der Waals surface area contributed by atoms with E-state index in [0.717, 1.165) is 24.4 Å². The number of nitrogens with two attached hydrogens (primary N) is 1. The van der Waals surface area contributed by atoms with E-state index in [1.807, 2.05) is 0 Å². The summed E-state index contributed by atoms with van der Waals surface area (Å²) in [6.07, 6.45) is 8.27. The van der Waals surface area contributed by atoms with E-state index >= 15 is 0 Å². The summed E-state index contributed by atoms with van der Waals surface area (Å²) in [5.74, 6) is 1.73. The molecular formula is C14H28N2. The second-order valence-corrected chi connectivity index (χ2v) is 6.61. The maximum absolute atomic E-state index is 5.72. The molecule has 1 unspecified atom stereocenters. The molecule has 0 radical (unpaired) electrons. The van der Waals surface area contributed by atoms with E-state index in [4.69, 9.17) is 5.73 Å². The Labute approximate surface area is 100 Å². The lowest BCUT2D eigenvalue weighted by atomic mass is 9.67. The van der Waals surface area contributed by atoms with Crippen LogP contribution in [0.2, 0.25) is 0 Å². The van der Waals surface area contributed by atoms with Crippen molar-refractivity contribution in [2.45, 2.75) is 58.4 Å². The fourth-order valence-corrected chi connectivity index (χ4v) is 3.22. The maximum Gasteiger partial charge on any atom is 0.0119 e.